The van der Waals surface area contributed by atoms with Crippen LogP contribution >= 0.6 is 11.6 Å². The van der Waals surface area contributed by atoms with Gasteiger partial charge in [-0.05, 0) is 25.1 Å². The second kappa shape index (κ2) is 8.23. The minimum atomic E-state index is -4.46. The number of aryl methyl sites for hydroxylation is 1. The molecule has 0 atom stereocenters. The van der Waals surface area contributed by atoms with Crippen LogP contribution in [-0.2, 0) is 12.7 Å². The Hall–Kier alpha value is -2.65. The first-order chi connectivity index (χ1) is 14.3. The van der Waals surface area contributed by atoms with E-state index in [9.17, 15) is 13.2 Å². The maximum atomic E-state index is 12.8. The highest BCUT2D eigenvalue weighted by Gasteiger charge is 2.32. The molecule has 1 aromatic carbocycles. The van der Waals surface area contributed by atoms with Crippen LogP contribution < -0.4 is 4.90 Å². The lowest BCUT2D eigenvalue weighted by Crippen LogP contribution is -2.46. The average molecular weight is 438 g/mol. The molecule has 6 nitrogen and oxygen atoms in total. The number of nitrogens with zero attached hydrogens (tertiary/aromatic N) is 5. The molecule has 3 heterocycles. The van der Waals surface area contributed by atoms with Gasteiger partial charge in [0.2, 0.25) is 0 Å². The smallest absolute Gasteiger partial charge is 0.353 e. The maximum absolute atomic E-state index is 12.8. The van der Waals surface area contributed by atoms with E-state index < -0.39 is 11.7 Å². The van der Waals surface area contributed by atoms with Crippen molar-refractivity contribution in [1.29, 1.82) is 0 Å². The van der Waals surface area contributed by atoms with E-state index in [1.807, 2.05) is 36.1 Å². The van der Waals surface area contributed by atoms with Gasteiger partial charge in [-0.1, -0.05) is 34.5 Å². The van der Waals surface area contributed by atoms with E-state index in [1.54, 1.807) is 0 Å². The Labute approximate surface area is 176 Å². The molecule has 0 radical (unpaired) electrons. The second-order valence-corrected chi connectivity index (χ2v) is 7.58. The zero-order valence-electron chi connectivity index (χ0n) is 16.2. The molecule has 0 amide bonds. The summed E-state index contributed by atoms with van der Waals surface area (Å²) >= 11 is 6.06. The fourth-order valence-corrected chi connectivity index (χ4v) is 3.55. The summed E-state index contributed by atoms with van der Waals surface area (Å²) in [6.45, 7) is 5.05. The molecule has 10 heteroatoms. The van der Waals surface area contributed by atoms with Crippen LogP contribution in [0.4, 0.5) is 19.0 Å². The highest BCUT2D eigenvalue weighted by molar-refractivity contribution is 6.33. The number of aromatic nitrogens is 3. The van der Waals surface area contributed by atoms with E-state index in [1.165, 1.54) is 0 Å². The van der Waals surface area contributed by atoms with Crippen molar-refractivity contribution in [2.45, 2.75) is 19.6 Å². The SMILES string of the molecule is Cc1ccc(-c2nc(CN3CCN(c4ncc(C(F)(F)F)cc4Cl)CC3)no2)cc1. The van der Waals surface area contributed by atoms with Gasteiger partial charge in [0.05, 0.1) is 17.1 Å². The second-order valence-electron chi connectivity index (χ2n) is 7.17. The van der Waals surface area contributed by atoms with Crippen LogP contribution in [-0.4, -0.2) is 46.2 Å². The molecule has 0 unspecified atom stereocenters. The largest absolute Gasteiger partial charge is 0.417 e. The Morgan fingerprint density at radius 1 is 1.10 bits per heavy atom. The molecule has 0 saturated carbocycles. The number of piperazine rings is 1. The highest BCUT2D eigenvalue weighted by atomic mass is 35.5. The van der Waals surface area contributed by atoms with Crippen LogP contribution in [0.25, 0.3) is 11.5 Å². The van der Waals surface area contributed by atoms with Crippen LogP contribution in [0.5, 0.6) is 0 Å². The van der Waals surface area contributed by atoms with Crippen LogP contribution in [0.3, 0.4) is 0 Å². The normalized spacial score (nSPS) is 15.6. The quantitative estimate of drug-likeness (QED) is 0.601. The maximum Gasteiger partial charge on any atom is 0.417 e. The zero-order chi connectivity index (χ0) is 21.3. The van der Waals surface area contributed by atoms with E-state index in [-0.39, 0.29) is 5.02 Å². The summed E-state index contributed by atoms with van der Waals surface area (Å²) in [4.78, 5) is 12.4. The Morgan fingerprint density at radius 3 is 2.43 bits per heavy atom. The van der Waals surface area contributed by atoms with Crippen molar-refractivity contribution in [2.75, 3.05) is 31.1 Å². The van der Waals surface area contributed by atoms with Crippen molar-refractivity contribution in [2.24, 2.45) is 0 Å². The zero-order valence-corrected chi connectivity index (χ0v) is 16.9. The molecule has 4 rings (SSSR count). The van der Waals surface area contributed by atoms with Gasteiger partial charge in [0, 0.05) is 37.9 Å². The lowest BCUT2D eigenvalue weighted by Gasteiger charge is -2.35. The summed E-state index contributed by atoms with van der Waals surface area (Å²) in [7, 11) is 0. The summed E-state index contributed by atoms with van der Waals surface area (Å²) in [6, 6.07) is 8.76. The number of anilines is 1. The van der Waals surface area contributed by atoms with Gasteiger partial charge in [-0.25, -0.2) is 4.98 Å². The number of alkyl halides is 3. The van der Waals surface area contributed by atoms with Gasteiger partial charge < -0.3 is 9.42 Å². The van der Waals surface area contributed by atoms with E-state index in [0.717, 1.165) is 23.4 Å². The summed E-state index contributed by atoms with van der Waals surface area (Å²) in [5.41, 5.74) is 1.17. The molecule has 1 saturated heterocycles. The molecule has 2 aromatic heterocycles. The molecule has 0 N–H and O–H groups in total. The molecular weight excluding hydrogens is 419 g/mol. The molecule has 3 aromatic rings. The van der Waals surface area contributed by atoms with Gasteiger partial charge >= 0.3 is 6.18 Å². The summed E-state index contributed by atoms with van der Waals surface area (Å²) in [5, 5.41) is 4.05. The van der Waals surface area contributed by atoms with E-state index in [0.29, 0.717) is 50.3 Å². The first-order valence-corrected chi connectivity index (χ1v) is 9.77. The molecule has 1 fully saturated rings. The third-order valence-electron chi connectivity index (χ3n) is 4.95. The minimum Gasteiger partial charge on any atom is -0.353 e. The van der Waals surface area contributed by atoms with Gasteiger partial charge in [-0.2, -0.15) is 18.2 Å². The number of rotatable bonds is 4. The van der Waals surface area contributed by atoms with Crippen LogP contribution in [0.1, 0.15) is 17.0 Å². The van der Waals surface area contributed by atoms with Crippen LogP contribution in [0, 0.1) is 6.92 Å². The fourth-order valence-electron chi connectivity index (χ4n) is 3.27. The number of hydrogen-bond donors (Lipinski definition) is 0. The van der Waals surface area contributed by atoms with Gasteiger partial charge in [-0.15, -0.1) is 0 Å². The molecule has 1 aliphatic heterocycles. The van der Waals surface area contributed by atoms with Gasteiger partial charge in [0.1, 0.15) is 5.82 Å². The van der Waals surface area contributed by atoms with Crippen LogP contribution in [0.15, 0.2) is 41.1 Å². The summed E-state index contributed by atoms with van der Waals surface area (Å²) in [6.07, 6.45) is -3.64. The minimum absolute atomic E-state index is 0.000757. The summed E-state index contributed by atoms with van der Waals surface area (Å²) < 4.78 is 43.7. The van der Waals surface area contributed by atoms with Gasteiger partial charge in [0.15, 0.2) is 5.82 Å². The number of hydrogen-bond acceptors (Lipinski definition) is 6. The number of halogens is 4. The molecule has 158 valence electrons. The molecule has 0 bridgehead atoms. The summed E-state index contributed by atoms with van der Waals surface area (Å²) in [5.74, 6) is 1.43. The lowest BCUT2D eigenvalue weighted by atomic mass is 10.1. The molecular formula is C20H19ClF3N5O. The third-order valence-corrected chi connectivity index (χ3v) is 5.23. The molecule has 0 aliphatic carbocycles. The molecule has 0 spiro atoms. The van der Waals surface area contributed by atoms with Crippen molar-refractivity contribution in [3.05, 3.63) is 58.5 Å². The van der Waals surface area contributed by atoms with Crippen molar-refractivity contribution in [3.63, 3.8) is 0 Å². The van der Waals surface area contributed by atoms with Crippen molar-refractivity contribution in [3.8, 4) is 11.5 Å². The van der Waals surface area contributed by atoms with Crippen molar-refractivity contribution in [1.82, 2.24) is 20.0 Å². The Bertz CT molecular complexity index is 1010. The fraction of sp³-hybridized carbons (Fsp3) is 0.350. The standard InChI is InChI=1S/C20H19ClF3N5O/c1-13-2-4-14(5-3-13)19-26-17(27-30-19)12-28-6-8-29(9-7-28)18-16(21)10-15(11-25-18)20(22,23)24/h2-5,10-11H,6-9,12H2,1H3. The van der Waals surface area contributed by atoms with Gasteiger partial charge in [0.25, 0.3) is 5.89 Å². The number of benzene rings is 1. The van der Waals surface area contributed by atoms with Crippen LogP contribution in [0.2, 0.25) is 5.02 Å². The lowest BCUT2D eigenvalue weighted by molar-refractivity contribution is -0.137. The monoisotopic (exact) mass is 437 g/mol. The predicted octanol–water partition coefficient (Wildman–Crippen LogP) is 4.43. The van der Waals surface area contributed by atoms with Gasteiger partial charge in [-0.3, -0.25) is 4.90 Å². The Kier molecular flexibility index (Phi) is 5.66. The van der Waals surface area contributed by atoms with E-state index >= 15 is 0 Å². The third kappa shape index (κ3) is 4.57. The van der Waals surface area contributed by atoms with Crippen molar-refractivity contribution >= 4 is 17.4 Å². The molecule has 1 aliphatic rings. The Balaban J connectivity index is 1.36. The van der Waals surface area contributed by atoms with E-state index in [2.05, 4.69) is 20.0 Å². The number of pyridine rings is 1. The first-order valence-electron chi connectivity index (χ1n) is 9.39. The highest BCUT2D eigenvalue weighted by Crippen LogP contribution is 2.33. The first kappa shape index (κ1) is 20.6. The van der Waals surface area contributed by atoms with Crippen molar-refractivity contribution < 1.29 is 17.7 Å². The molecule has 30 heavy (non-hydrogen) atoms. The topological polar surface area (TPSA) is 58.3 Å². The van der Waals surface area contributed by atoms with E-state index in [4.69, 9.17) is 16.1 Å². The predicted molar refractivity (Wildman–Crippen MR) is 106 cm³/mol. The Morgan fingerprint density at radius 2 is 1.80 bits per heavy atom. The average Bonchev–Trinajstić information content (AvgIpc) is 3.17.